The van der Waals surface area contributed by atoms with Crippen molar-refractivity contribution in [3.8, 4) is 23.0 Å². The number of nitrogens with zero attached hydrogens (tertiary/aromatic N) is 2. The van der Waals surface area contributed by atoms with Crippen molar-refractivity contribution in [1.29, 1.82) is 0 Å². The zero-order chi connectivity index (χ0) is 20.5. The molecule has 7 heteroatoms. The summed E-state index contributed by atoms with van der Waals surface area (Å²) >= 11 is 0. The summed E-state index contributed by atoms with van der Waals surface area (Å²) in [5.74, 6) is 3.04. The molecular formula is C23H28N4O3+2. The second-order valence-corrected chi connectivity index (χ2v) is 8.31. The van der Waals surface area contributed by atoms with E-state index in [4.69, 9.17) is 13.9 Å². The number of aromatic nitrogens is 2. The van der Waals surface area contributed by atoms with Crippen LogP contribution in [0.1, 0.15) is 30.0 Å². The molecule has 0 unspecified atom stereocenters. The molecule has 1 aromatic heterocycles. The molecule has 0 radical (unpaired) electrons. The molecule has 2 aliphatic rings. The van der Waals surface area contributed by atoms with Crippen molar-refractivity contribution < 1.29 is 23.7 Å². The molecule has 156 valence electrons. The molecule has 30 heavy (non-hydrogen) atoms. The first kappa shape index (κ1) is 19.1. The second-order valence-electron chi connectivity index (χ2n) is 8.31. The molecule has 1 atom stereocenters. The first-order valence-corrected chi connectivity index (χ1v) is 10.6. The zero-order valence-corrected chi connectivity index (χ0v) is 17.5. The van der Waals surface area contributed by atoms with Gasteiger partial charge < -0.3 is 23.7 Å². The van der Waals surface area contributed by atoms with E-state index in [0.29, 0.717) is 12.7 Å². The van der Waals surface area contributed by atoms with Crippen LogP contribution in [0.15, 0.2) is 46.9 Å². The van der Waals surface area contributed by atoms with E-state index in [-0.39, 0.29) is 6.04 Å². The lowest BCUT2D eigenvalue weighted by molar-refractivity contribution is -1.03. The van der Waals surface area contributed by atoms with Crippen molar-refractivity contribution in [3.63, 3.8) is 0 Å². The minimum absolute atomic E-state index is 0.197. The van der Waals surface area contributed by atoms with E-state index in [1.165, 1.54) is 16.0 Å². The zero-order valence-electron chi connectivity index (χ0n) is 17.5. The van der Waals surface area contributed by atoms with Crippen LogP contribution in [0.4, 0.5) is 0 Å². The van der Waals surface area contributed by atoms with Crippen molar-refractivity contribution in [2.24, 2.45) is 0 Å². The fraction of sp³-hybridized carbons (Fsp3) is 0.391. The topological polar surface area (TPSA) is 66.3 Å². The van der Waals surface area contributed by atoms with Crippen molar-refractivity contribution in [2.45, 2.75) is 26.4 Å². The van der Waals surface area contributed by atoms with Crippen LogP contribution in [0, 0.1) is 6.92 Å². The second kappa shape index (κ2) is 8.08. The van der Waals surface area contributed by atoms with Crippen LogP contribution in [0.5, 0.6) is 11.5 Å². The molecule has 0 amide bonds. The molecule has 3 aromatic rings. The molecule has 2 aromatic carbocycles. The van der Waals surface area contributed by atoms with Crippen molar-refractivity contribution >= 4 is 0 Å². The molecule has 0 saturated carbocycles. The lowest BCUT2D eigenvalue weighted by atomic mass is 10.1. The minimum Gasteiger partial charge on any atom is -0.454 e. The molecule has 0 aliphatic carbocycles. The molecule has 2 aliphatic heterocycles. The molecule has 1 saturated heterocycles. The molecule has 5 rings (SSSR count). The van der Waals surface area contributed by atoms with Gasteiger partial charge in [-0.25, -0.2) is 0 Å². The number of piperazine rings is 1. The first-order chi connectivity index (χ1) is 14.7. The standard InChI is InChI=1S/C23H26N4O3/c1-16-4-3-5-19(12-16)23-25-24-22(30-23)17(2)27-10-8-26(9-11-27)14-18-6-7-20-21(13-18)29-15-28-20/h3-7,12-13,17H,8-11,14-15H2,1-2H3/p+2/t17-/m1/s1. The van der Waals surface area contributed by atoms with Gasteiger partial charge in [-0.3, -0.25) is 0 Å². The van der Waals surface area contributed by atoms with Crippen LogP contribution >= 0.6 is 0 Å². The Hall–Kier alpha value is -2.90. The highest BCUT2D eigenvalue weighted by Crippen LogP contribution is 2.32. The number of benzene rings is 2. The largest absolute Gasteiger partial charge is 0.454 e. The number of fused-ring (bicyclic) bond motifs is 1. The molecule has 0 bridgehead atoms. The third-order valence-corrected chi connectivity index (χ3v) is 6.18. The van der Waals surface area contributed by atoms with Gasteiger partial charge in [0.15, 0.2) is 17.5 Å². The van der Waals surface area contributed by atoms with Gasteiger partial charge in [0.2, 0.25) is 12.7 Å². The summed E-state index contributed by atoms with van der Waals surface area (Å²) in [5.41, 5.74) is 3.46. The molecular weight excluding hydrogens is 380 g/mol. The summed E-state index contributed by atoms with van der Waals surface area (Å²) in [6.07, 6.45) is 0. The van der Waals surface area contributed by atoms with Gasteiger partial charge in [0.1, 0.15) is 32.7 Å². The first-order valence-electron chi connectivity index (χ1n) is 10.6. The van der Waals surface area contributed by atoms with Crippen LogP contribution < -0.4 is 19.3 Å². The number of rotatable bonds is 5. The summed E-state index contributed by atoms with van der Waals surface area (Å²) < 4.78 is 16.9. The van der Waals surface area contributed by atoms with E-state index in [1.807, 2.05) is 18.2 Å². The maximum absolute atomic E-state index is 6.03. The highest BCUT2D eigenvalue weighted by atomic mass is 16.7. The number of hydrogen-bond donors (Lipinski definition) is 2. The maximum atomic E-state index is 6.03. The van der Waals surface area contributed by atoms with Gasteiger partial charge in [-0.1, -0.05) is 17.7 Å². The molecule has 1 fully saturated rings. The van der Waals surface area contributed by atoms with Gasteiger partial charge in [0.25, 0.3) is 5.89 Å². The van der Waals surface area contributed by atoms with Gasteiger partial charge >= 0.3 is 0 Å². The van der Waals surface area contributed by atoms with Gasteiger partial charge in [0, 0.05) is 11.1 Å². The predicted octanol–water partition coefficient (Wildman–Crippen LogP) is 0.818. The van der Waals surface area contributed by atoms with Gasteiger partial charge in [-0.05, 0) is 44.2 Å². The number of ether oxygens (including phenoxy) is 2. The van der Waals surface area contributed by atoms with Crippen LogP contribution in [0.25, 0.3) is 11.5 Å². The highest BCUT2D eigenvalue weighted by Gasteiger charge is 2.31. The number of quaternary nitrogens is 2. The number of hydrogen-bond acceptors (Lipinski definition) is 5. The van der Waals surface area contributed by atoms with E-state index >= 15 is 0 Å². The fourth-order valence-corrected chi connectivity index (χ4v) is 4.35. The van der Waals surface area contributed by atoms with Crippen LogP contribution in [-0.2, 0) is 6.54 Å². The van der Waals surface area contributed by atoms with Crippen molar-refractivity contribution in [1.82, 2.24) is 10.2 Å². The van der Waals surface area contributed by atoms with Crippen molar-refractivity contribution in [3.05, 3.63) is 59.5 Å². The predicted molar refractivity (Wildman–Crippen MR) is 111 cm³/mol. The Morgan fingerprint density at radius 3 is 2.63 bits per heavy atom. The molecule has 3 heterocycles. The summed E-state index contributed by atoms with van der Waals surface area (Å²) in [4.78, 5) is 3.10. The SMILES string of the molecule is Cc1cccc(-c2nnc([C@@H](C)[NH+]3CC[NH+](Cc4ccc5c(c4)OCO5)CC3)o2)c1. The maximum Gasteiger partial charge on any atom is 0.274 e. The fourth-order valence-electron chi connectivity index (χ4n) is 4.35. The Balaban J connectivity index is 1.18. The Bertz CT molecular complexity index is 1030. The average molecular weight is 409 g/mol. The third kappa shape index (κ3) is 3.91. The van der Waals surface area contributed by atoms with Gasteiger partial charge in [-0.2, -0.15) is 0 Å². The molecule has 7 nitrogen and oxygen atoms in total. The molecule has 0 spiro atoms. The quantitative estimate of drug-likeness (QED) is 0.654. The number of nitrogens with one attached hydrogen (secondary N) is 2. The highest BCUT2D eigenvalue weighted by molar-refractivity contribution is 5.53. The Kier molecular flexibility index (Phi) is 5.14. The van der Waals surface area contributed by atoms with E-state index in [1.54, 1.807) is 4.90 Å². The average Bonchev–Trinajstić information content (AvgIpc) is 3.43. The number of aryl methyl sites for hydroxylation is 1. The van der Waals surface area contributed by atoms with E-state index in [0.717, 1.165) is 55.7 Å². The summed E-state index contributed by atoms with van der Waals surface area (Å²) in [6, 6.07) is 14.7. The molecule has 2 N–H and O–H groups in total. The van der Waals surface area contributed by atoms with Crippen LogP contribution in [0.3, 0.4) is 0 Å². The van der Waals surface area contributed by atoms with Gasteiger partial charge in [0.05, 0.1) is 0 Å². The van der Waals surface area contributed by atoms with E-state index < -0.39 is 0 Å². The van der Waals surface area contributed by atoms with E-state index in [2.05, 4.69) is 48.3 Å². The smallest absolute Gasteiger partial charge is 0.274 e. The lowest BCUT2D eigenvalue weighted by Crippen LogP contribution is -3.27. The lowest BCUT2D eigenvalue weighted by Gasteiger charge is -2.32. The minimum atomic E-state index is 0.197. The normalized spacial score (nSPS) is 21.5. The summed E-state index contributed by atoms with van der Waals surface area (Å²) in [7, 11) is 0. The Labute approximate surface area is 176 Å². The van der Waals surface area contributed by atoms with Crippen LogP contribution in [-0.4, -0.2) is 43.2 Å². The summed E-state index contributed by atoms with van der Waals surface area (Å²) in [5, 5.41) is 8.63. The van der Waals surface area contributed by atoms with E-state index in [9.17, 15) is 0 Å². The third-order valence-electron chi connectivity index (χ3n) is 6.18. The monoisotopic (exact) mass is 408 g/mol. The Morgan fingerprint density at radius 1 is 0.967 bits per heavy atom. The Morgan fingerprint density at radius 2 is 1.80 bits per heavy atom. The summed E-state index contributed by atoms with van der Waals surface area (Å²) in [6.45, 7) is 10.0. The van der Waals surface area contributed by atoms with Gasteiger partial charge in [-0.15, -0.1) is 10.2 Å². The van der Waals surface area contributed by atoms with Crippen LogP contribution in [0.2, 0.25) is 0 Å². The van der Waals surface area contributed by atoms with Crippen molar-refractivity contribution in [2.75, 3.05) is 33.0 Å².